The summed E-state index contributed by atoms with van der Waals surface area (Å²) in [6, 6.07) is 12.3. The summed E-state index contributed by atoms with van der Waals surface area (Å²) in [5, 5.41) is 5.73. The van der Waals surface area contributed by atoms with Crippen LogP contribution in [0.5, 0.6) is 0 Å². The number of nitrogens with zero attached hydrogens (tertiary/aromatic N) is 3. The van der Waals surface area contributed by atoms with E-state index in [1.54, 1.807) is 54.0 Å². The molecule has 0 aliphatic carbocycles. The van der Waals surface area contributed by atoms with E-state index in [2.05, 4.69) is 20.6 Å². The lowest BCUT2D eigenvalue weighted by molar-refractivity contribution is 0.0951. The molecule has 28 heavy (non-hydrogen) atoms. The quantitative estimate of drug-likeness (QED) is 0.736. The molecule has 0 bridgehead atoms. The predicted molar refractivity (Wildman–Crippen MR) is 104 cm³/mol. The highest BCUT2D eigenvalue weighted by molar-refractivity contribution is 5.95. The van der Waals surface area contributed by atoms with Gasteiger partial charge >= 0.3 is 6.03 Å². The van der Waals surface area contributed by atoms with Gasteiger partial charge in [-0.25, -0.2) is 4.79 Å². The third kappa shape index (κ3) is 3.98. The van der Waals surface area contributed by atoms with E-state index in [0.29, 0.717) is 30.9 Å². The molecular formula is C21H19N5O2. The molecular weight excluding hydrogens is 354 g/mol. The number of aromatic nitrogens is 2. The summed E-state index contributed by atoms with van der Waals surface area (Å²) in [7, 11) is 0. The lowest BCUT2D eigenvalue weighted by Crippen LogP contribution is -2.30. The van der Waals surface area contributed by atoms with Crippen LogP contribution in [0, 0.1) is 0 Å². The molecule has 3 amide bonds. The lowest BCUT2D eigenvalue weighted by atomic mass is 10.2. The zero-order valence-electron chi connectivity index (χ0n) is 15.1. The van der Waals surface area contributed by atoms with Gasteiger partial charge in [0.1, 0.15) is 0 Å². The van der Waals surface area contributed by atoms with Gasteiger partial charge in [-0.15, -0.1) is 0 Å². The zero-order valence-corrected chi connectivity index (χ0v) is 15.1. The normalized spacial score (nSPS) is 12.4. The molecule has 0 atom stereocenters. The van der Waals surface area contributed by atoms with Crippen molar-refractivity contribution in [2.24, 2.45) is 0 Å². The van der Waals surface area contributed by atoms with Crippen molar-refractivity contribution in [1.29, 1.82) is 0 Å². The first-order chi connectivity index (χ1) is 13.7. The molecule has 1 aromatic carbocycles. The molecule has 2 aromatic heterocycles. The topological polar surface area (TPSA) is 87.2 Å². The van der Waals surface area contributed by atoms with Crippen LogP contribution in [-0.2, 0) is 19.6 Å². The van der Waals surface area contributed by atoms with Crippen molar-refractivity contribution in [2.75, 3.05) is 5.32 Å². The molecule has 1 aliphatic heterocycles. The van der Waals surface area contributed by atoms with Gasteiger partial charge in [-0.05, 0) is 59.2 Å². The van der Waals surface area contributed by atoms with Gasteiger partial charge in [-0.1, -0.05) is 0 Å². The number of hydrogen-bond donors (Lipinski definition) is 2. The summed E-state index contributed by atoms with van der Waals surface area (Å²) in [4.78, 5) is 34.5. The summed E-state index contributed by atoms with van der Waals surface area (Å²) in [5.41, 5.74) is 4.34. The second-order valence-electron chi connectivity index (χ2n) is 6.55. The van der Waals surface area contributed by atoms with Gasteiger partial charge in [0.25, 0.3) is 5.91 Å². The first-order valence-electron chi connectivity index (χ1n) is 8.94. The molecule has 0 spiro atoms. The highest BCUT2D eigenvalue weighted by atomic mass is 16.2. The molecule has 7 heteroatoms. The Kier molecular flexibility index (Phi) is 4.97. The van der Waals surface area contributed by atoms with E-state index in [1.165, 1.54) is 0 Å². The van der Waals surface area contributed by atoms with Gasteiger partial charge in [0.05, 0.1) is 0 Å². The first kappa shape index (κ1) is 17.7. The summed E-state index contributed by atoms with van der Waals surface area (Å²) >= 11 is 0. The number of rotatable bonds is 4. The maximum absolute atomic E-state index is 12.5. The fraction of sp³-hybridized carbons (Fsp3) is 0.143. The molecule has 0 saturated carbocycles. The van der Waals surface area contributed by atoms with Crippen LogP contribution in [0.2, 0.25) is 0 Å². The Morgan fingerprint density at radius 2 is 1.61 bits per heavy atom. The summed E-state index contributed by atoms with van der Waals surface area (Å²) in [5.74, 6) is -0.169. The number of urea groups is 1. The van der Waals surface area contributed by atoms with Crippen LogP contribution in [0.3, 0.4) is 0 Å². The fourth-order valence-corrected chi connectivity index (χ4v) is 3.06. The van der Waals surface area contributed by atoms with Gasteiger partial charge in [0, 0.05) is 55.7 Å². The Labute approximate surface area is 162 Å². The van der Waals surface area contributed by atoms with Gasteiger partial charge in [0.15, 0.2) is 0 Å². The number of carbonyl (C=O) groups is 2. The second kappa shape index (κ2) is 7.87. The van der Waals surface area contributed by atoms with Crippen LogP contribution in [0.25, 0.3) is 0 Å². The summed E-state index contributed by atoms with van der Waals surface area (Å²) in [6.07, 6.45) is 6.91. The SMILES string of the molecule is O=C(NCc1ccncc1)c1ccc(NC(=O)N2Cc3ccncc3C2)cc1. The third-order valence-electron chi connectivity index (χ3n) is 4.62. The smallest absolute Gasteiger partial charge is 0.322 e. The van der Waals surface area contributed by atoms with Crippen molar-refractivity contribution in [3.63, 3.8) is 0 Å². The van der Waals surface area contributed by atoms with E-state index in [9.17, 15) is 9.59 Å². The molecule has 1 aliphatic rings. The van der Waals surface area contributed by atoms with Crippen molar-refractivity contribution in [3.8, 4) is 0 Å². The maximum atomic E-state index is 12.5. The number of hydrogen-bond acceptors (Lipinski definition) is 4. The maximum Gasteiger partial charge on any atom is 0.322 e. The van der Waals surface area contributed by atoms with E-state index in [0.717, 1.165) is 16.7 Å². The van der Waals surface area contributed by atoms with Crippen molar-refractivity contribution in [1.82, 2.24) is 20.2 Å². The molecule has 0 fully saturated rings. The van der Waals surface area contributed by atoms with Crippen molar-refractivity contribution in [3.05, 3.63) is 89.5 Å². The van der Waals surface area contributed by atoms with Crippen LogP contribution >= 0.6 is 0 Å². The molecule has 3 heterocycles. The minimum atomic E-state index is -0.175. The average molecular weight is 373 g/mol. The lowest BCUT2D eigenvalue weighted by Gasteiger charge is -2.16. The predicted octanol–water partition coefficient (Wildman–Crippen LogP) is 2.95. The van der Waals surface area contributed by atoms with Crippen LogP contribution in [0.15, 0.2) is 67.3 Å². The van der Waals surface area contributed by atoms with Gasteiger partial charge in [-0.2, -0.15) is 0 Å². The Balaban J connectivity index is 1.32. The molecule has 7 nitrogen and oxygen atoms in total. The standard InChI is InChI=1S/C21H19N5O2/c27-20(24-11-15-5-8-22-9-6-15)16-1-3-19(4-2-16)25-21(28)26-13-17-7-10-23-12-18(17)14-26/h1-10,12H,11,13-14H2,(H,24,27)(H,25,28). The Morgan fingerprint density at radius 1 is 0.893 bits per heavy atom. The number of nitrogens with one attached hydrogen (secondary N) is 2. The Morgan fingerprint density at radius 3 is 2.36 bits per heavy atom. The van der Waals surface area contributed by atoms with E-state index in [4.69, 9.17) is 0 Å². The highest BCUT2D eigenvalue weighted by Crippen LogP contribution is 2.22. The highest BCUT2D eigenvalue weighted by Gasteiger charge is 2.23. The molecule has 3 aromatic rings. The molecule has 2 N–H and O–H groups in total. The van der Waals surface area contributed by atoms with Gasteiger partial charge in [0.2, 0.25) is 0 Å². The second-order valence-corrected chi connectivity index (χ2v) is 6.55. The number of carbonyl (C=O) groups excluding carboxylic acids is 2. The number of amides is 3. The summed E-state index contributed by atoms with van der Waals surface area (Å²) in [6.45, 7) is 1.55. The van der Waals surface area contributed by atoms with Gasteiger partial charge < -0.3 is 15.5 Å². The minimum Gasteiger partial charge on any atom is -0.348 e. The number of benzene rings is 1. The Bertz CT molecular complexity index is 964. The molecule has 4 rings (SSSR count). The zero-order chi connectivity index (χ0) is 19.3. The molecule has 140 valence electrons. The molecule has 0 saturated heterocycles. The van der Waals surface area contributed by atoms with Crippen LogP contribution in [0.4, 0.5) is 10.5 Å². The first-order valence-corrected chi connectivity index (χ1v) is 8.94. The number of pyridine rings is 2. The molecule has 0 radical (unpaired) electrons. The monoisotopic (exact) mass is 373 g/mol. The van der Waals surface area contributed by atoms with Crippen LogP contribution in [0.1, 0.15) is 27.0 Å². The fourth-order valence-electron chi connectivity index (χ4n) is 3.06. The van der Waals surface area contributed by atoms with E-state index in [-0.39, 0.29) is 11.9 Å². The largest absolute Gasteiger partial charge is 0.348 e. The number of anilines is 1. The van der Waals surface area contributed by atoms with E-state index >= 15 is 0 Å². The molecule has 0 unspecified atom stereocenters. The van der Waals surface area contributed by atoms with Crippen molar-refractivity contribution >= 4 is 17.6 Å². The van der Waals surface area contributed by atoms with Crippen LogP contribution < -0.4 is 10.6 Å². The number of fused-ring (bicyclic) bond motifs is 1. The summed E-state index contributed by atoms with van der Waals surface area (Å²) < 4.78 is 0. The van der Waals surface area contributed by atoms with E-state index < -0.39 is 0 Å². The van der Waals surface area contributed by atoms with E-state index in [1.807, 2.05) is 18.2 Å². The van der Waals surface area contributed by atoms with Crippen LogP contribution in [-0.4, -0.2) is 26.8 Å². The third-order valence-corrected chi connectivity index (χ3v) is 4.62. The van der Waals surface area contributed by atoms with Gasteiger partial charge in [-0.3, -0.25) is 14.8 Å². The average Bonchev–Trinajstić information content (AvgIpc) is 3.18. The Hall–Kier alpha value is -3.74. The van der Waals surface area contributed by atoms with Crippen molar-refractivity contribution < 1.29 is 9.59 Å². The minimum absolute atomic E-state index is 0.169. The van der Waals surface area contributed by atoms with Crippen molar-refractivity contribution in [2.45, 2.75) is 19.6 Å².